The van der Waals surface area contributed by atoms with Gasteiger partial charge in [0.25, 0.3) is 11.6 Å². The average molecular weight is 406 g/mol. The lowest BCUT2D eigenvalue weighted by Crippen LogP contribution is -2.69. The molecule has 0 aromatic heterocycles. The first kappa shape index (κ1) is 19.4. The fourth-order valence-electron chi connectivity index (χ4n) is 3.27. The van der Waals surface area contributed by atoms with E-state index in [1.54, 1.807) is 0 Å². The van der Waals surface area contributed by atoms with Gasteiger partial charge in [0.1, 0.15) is 0 Å². The van der Waals surface area contributed by atoms with Crippen LogP contribution in [-0.2, 0) is 14.8 Å². The van der Waals surface area contributed by atoms with Crippen LogP contribution in [0, 0.1) is 0 Å². The molecule has 3 rings (SSSR count). The van der Waals surface area contributed by atoms with Gasteiger partial charge in [-0.15, -0.1) is 0 Å². The molecule has 1 aromatic rings. The largest absolute Gasteiger partial charge is 0.435 e. The number of nitrogens with zero attached hydrogens (tertiary/aromatic N) is 1. The van der Waals surface area contributed by atoms with Gasteiger partial charge in [-0.25, -0.2) is 13.2 Å². The number of hydrogen-bond donors (Lipinski definition) is 3. The Kier molecular flexibility index (Phi) is 4.58. The molecule has 2 fully saturated rings. The Morgan fingerprint density at radius 2 is 1.70 bits per heavy atom. The molecule has 3 amide bonds. The number of anilines is 1. The second-order valence-corrected chi connectivity index (χ2v) is 8.15. The zero-order valence-electron chi connectivity index (χ0n) is 13.9. The monoisotopic (exact) mass is 406 g/mol. The Hall–Kier alpha value is -2.34. The van der Waals surface area contributed by atoms with Crippen LogP contribution in [0.4, 0.5) is 23.7 Å². The maximum Gasteiger partial charge on any atom is 0.435 e. The number of urea groups is 1. The highest BCUT2D eigenvalue weighted by Crippen LogP contribution is 2.38. The Labute approximate surface area is 152 Å². The number of nitrogen functional groups attached to an aromatic ring is 1. The van der Waals surface area contributed by atoms with E-state index in [0.717, 1.165) is 12.1 Å². The van der Waals surface area contributed by atoms with E-state index in [9.17, 15) is 31.2 Å². The van der Waals surface area contributed by atoms with Crippen molar-refractivity contribution >= 4 is 27.6 Å². The van der Waals surface area contributed by atoms with Crippen molar-refractivity contribution in [2.75, 3.05) is 5.73 Å². The molecule has 1 aliphatic heterocycles. The van der Waals surface area contributed by atoms with Crippen LogP contribution in [0.5, 0.6) is 0 Å². The minimum atomic E-state index is -5.39. The molecule has 0 bridgehead atoms. The number of alkyl halides is 3. The molecule has 0 radical (unpaired) electrons. The van der Waals surface area contributed by atoms with Crippen molar-refractivity contribution in [3.63, 3.8) is 0 Å². The summed E-state index contributed by atoms with van der Waals surface area (Å²) in [5.74, 6) is -1.68. The molecule has 12 heteroatoms. The zero-order chi connectivity index (χ0) is 20.0. The summed E-state index contributed by atoms with van der Waals surface area (Å²) in [7, 11) is -4.79. The molecular weight excluding hydrogens is 389 g/mol. The van der Waals surface area contributed by atoms with Crippen LogP contribution in [0.3, 0.4) is 0 Å². The third-order valence-electron chi connectivity index (χ3n) is 4.65. The van der Waals surface area contributed by atoms with Crippen LogP contribution >= 0.6 is 0 Å². The van der Waals surface area contributed by atoms with Crippen LogP contribution in [0.15, 0.2) is 29.2 Å². The zero-order valence-corrected chi connectivity index (χ0v) is 14.7. The van der Waals surface area contributed by atoms with Gasteiger partial charge in [0.05, 0.1) is 4.90 Å². The summed E-state index contributed by atoms with van der Waals surface area (Å²) in [6.45, 7) is 0. The maximum atomic E-state index is 13.8. The van der Waals surface area contributed by atoms with Crippen LogP contribution < -0.4 is 15.8 Å². The van der Waals surface area contributed by atoms with Crippen LogP contribution in [0.2, 0.25) is 0 Å². The number of nitrogens with two attached hydrogens (primary N) is 1. The fraction of sp³-hybridized carbons (Fsp3) is 0.467. The summed E-state index contributed by atoms with van der Waals surface area (Å²) < 4.78 is 67.7. The van der Waals surface area contributed by atoms with Crippen molar-refractivity contribution in [2.45, 2.75) is 48.5 Å². The minimum Gasteiger partial charge on any atom is -0.399 e. The number of imide groups is 1. The van der Waals surface area contributed by atoms with E-state index in [-0.39, 0.29) is 5.69 Å². The van der Waals surface area contributed by atoms with Crippen LogP contribution in [0.25, 0.3) is 0 Å². The summed E-state index contributed by atoms with van der Waals surface area (Å²) >= 11 is 0. The number of rotatable bonds is 4. The fourth-order valence-corrected chi connectivity index (χ4v) is 4.54. The predicted molar refractivity (Wildman–Crippen MR) is 87.6 cm³/mol. The molecule has 1 atom stereocenters. The van der Waals surface area contributed by atoms with Crippen molar-refractivity contribution in [3.8, 4) is 0 Å². The van der Waals surface area contributed by atoms with Gasteiger partial charge in [0, 0.05) is 11.7 Å². The number of carbonyl (C=O) groups is 2. The highest BCUT2D eigenvalue weighted by Gasteiger charge is 2.70. The molecule has 1 aliphatic carbocycles. The van der Waals surface area contributed by atoms with Gasteiger partial charge in [0.2, 0.25) is 10.0 Å². The van der Waals surface area contributed by atoms with Gasteiger partial charge in [0.15, 0.2) is 0 Å². The number of sulfonamides is 1. The summed E-state index contributed by atoms with van der Waals surface area (Å²) in [5.41, 5.74) is 1.89. The normalized spacial score (nSPS) is 24.5. The lowest BCUT2D eigenvalue weighted by Gasteiger charge is -2.30. The van der Waals surface area contributed by atoms with Gasteiger partial charge < -0.3 is 11.1 Å². The van der Waals surface area contributed by atoms with Crippen molar-refractivity contribution in [1.82, 2.24) is 14.9 Å². The van der Waals surface area contributed by atoms with E-state index in [2.05, 4.69) is 0 Å². The van der Waals surface area contributed by atoms with Gasteiger partial charge in [-0.3, -0.25) is 9.69 Å². The maximum absolute atomic E-state index is 13.8. The van der Waals surface area contributed by atoms with E-state index < -0.39 is 44.7 Å². The van der Waals surface area contributed by atoms with E-state index in [1.807, 2.05) is 0 Å². The first-order valence-corrected chi connectivity index (χ1v) is 9.58. The number of halogens is 3. The third-order valence-corrected chi connectivity index (χ3v) is 6.11. The Morgan fingerprint density at radius 3 is 2.22 bits per heavy atom. The topological polar surface area (TPSA) is 122 Å². The van der Waals surface area contributed by atoms with Crippen molar-refractivity contribution in [2.24, 2.45) is 0 Å². The van der Waals surface area contributed by atoms with Crippen LogP contribution in [-0.4, -0.2) is 43.1 Å². The molecule has 1 saturated carbocycles. The smallest absolute Gasteiger partial charge is 0.399 e. The highest BCUT2D eigenvalue weighted by atomic mass is 32.2. The SMILES string of the molecule is Nc1ccc(S(=O)(=O)N[C@]2(C(F)(F)F)NC(=O)N(C3CCCC3)C2=O)cc1. The second kappa shape index (κ2) is 6.37. The van der Waals surface area contributed by atoms with Gasteiger partial charge in [-0.1, -0.05) is 12.8 Å². The molecule has 2 aliphatic rings. The van der Waals surface area contributed by atoms with Gasteiger partial charge in [-0.2, -0.15) is 17.9 Å². The van der Waals surface area contributed by atoms with Crippen molar-refractivity contribution in [1.29, 1.82) is 0 Å². The number of carbonyl (C=O) groups excluding carboxylic acids is 2. The number of amides is 3. The third kappa shape index (κ3) is 3.23. The summed E-state index contributed by atoms with van der Waals surface area (Å²) in [5, 5.41) is 1.52. The molecule has 0 unspecified atom stereocenters. The molecule has 8 nitrogen and oxygen atoms in total. The van der Waals surface area contributed by atoms with E-state index in [0.29, 0.717) is 30.6 Å². The number of nitrogens with one attached hydrogen (secondary N) is 2. The lowest BCUT2D eigenvalue weighted by molar-refractivity contribution is -0.198. The molecular formula is C15H17F3N4O4S. The number of hydrogen-bond acceptors (Lipinski definition) is 5. The number of benzene rings is 1. The quantitative estimate of drug-likeness (QED) is 0.514. The summed E-state index contributed by atoms with van der Waals surface area (Å²) in [4.78, 5) is 24.7. The van der Waals surface area contributed by atoms with Crippen LogP contribution in [0.1, 0.15) is 25.7 Å². The van der Waals surface area contributed by atoms with Gasteiger partial charge in [-0.05, 0) is 37.1 Å². The van der Waals surface area contributed by atoms with Gasteiger partial charge >= 0.3 is 12.2 Å². The first-order valence-electron chi connectivity index (χ1n) is 8.10. The Balaban J connectivity index is 2.00. The first-order chi connectivity index (χ1) is 12.5. The highest BCUT2D eigenvalue weighted by molar-refractivity contribution is 7.89. The van der Waals surface area contributed by atoms with E-state index >= 15 is 0 Å². The predicted octanol–water partition coefficient (Wildman–Crippen LogP) is 1.30. The van der Waals surface area contributed by atoms with E-state index in [4.69, 9.17) is 5.73 Å². The molecule has 148 valence electrons. The average Bonchev–Trinajstić information content (AvgIpc) is 3.14. The van der Waals surface area contributed by atoms with E-state index in [1.165, 1.54) is 22.2 Å². The molecule has 1 heterocycles. The summed E-state index contributed by atoms with van der Waals surface area (Å²) in [6, 6.07) is 2.41. The minimum absolute atomic E-state index is 0.206. The Bertz CT molecular complexity index is 866. The second-order valence-electron chi connectivity index (χ2n) is 6.47. The van der Waals surface area contributed by atoms with Crippen molar-refractivity contribution in [3.05, 3.63) is 24.3 Å². The summed E-state index contributed by atoms with van der Waals surface area (Å²) in [6.07, 6.45) is -3.32. The Morgan fingerprint density at radius 1 is 1.15 bits per heavy atom. The van der Waals surface area contributed by atoms with Crippen molar-refractivity contribution < 1.29 is 31.2 Å². The standard InChI is InChI=1S/C15H17F3N4O4S/c16-15(17,18)14(21-27(25,26)11-7-5-9(19)6-8-11)12(23)22(13(24)20-14)10-3-1-2-4-10/h5-8,10,21H,1-4,19H2,(H,20,24)/t14-/m1/s1. The molecule has 1 saturated heterocycles. The lowest BCUT2D eigenvalue weighted by atomic mass is 10.1. The molecule has 27 heavy (non-hydrogen) atoms. The molecule has 4 N–H and O–H groups in total. The molecule has 0 spiro atoms. The molecule has 1 aromatic carbocycles.